The lowest BCUT2D eigenvalue weighted by Gasteiger charge is -2.08. The smallest absolute Gasteiger partial charge is 0.358 e. The zero-order valence-electron chi connectivity index (χ0n) is 12.1. The number of hydrogen-bond acceptors (Lipinski definition) is 3. The van der Waals surface area contributed by atoms with Crippen molar-refractivity contribution in [2.24, 2.45) is 0 Å². The summed E-state index contributed by atoms with van der Waals surface area (Å²) < 4.78 is 41.9. The molecular formula is C16H10F3N3O2. The highest BCUT2D eigenvalue weighted by Crippen LogP contribution is 2.25. The van der Waals surface area contributed by atoms with Crippen LogP contribution in [0.3, 0.4) is 0 Å². The third kappa shape index (κ3) is 2.98. The van der Waals surface area contributed by atoms with Crippen molar-refractivity contribution in [3.63, 3.8) is 0 Å². The molecule has 0 saturated heterocycles. The lowest BCUT2D eigenvalue weighted by Crippen LogP contribution is -2.07. The fraction of sp³-hybridized carbons (Fsp3) is 0.0625. The van der Waals surface area contributed by atoms with Crippen LogP contribution in [0.5, 0.6) is 0 Å². The molecule has 0 spiro atoms. The number of benzene rings is 2. The van der Waals surface area contributed by atoms with Gasteiger partial charge < -0.3 is 5.11 Å². The van der Waals surface area contributed by atoms with Crippen LogP contribution in [0.15, 0.2) is 42.5 Å². The summed E-state index contributed by atoms with van der Waals surface area (Å²) >= 11 is 0. The Bertz CT molecular complexity index is 904. The summed E-state index contributed by atoms with van der Waals surface area (Å²) in [4.78, 5) is 11.3. The molecule has 0 aliphatic heterocycles. The Hall–Kier alpha value is -3.16. The van der Waals surface area contributed by atoms with Gasteiger partial charge in [-0.2, -0.15) is 0 Å². The summed E-state index contributed by atoms with van der Waals surface area (Å²) in [6.07, 6.45) is 0. The minimum Gasteiger partial charge on any atom is -0.476 e. The first-order valence-corrected chi connectivity index (χ1v) is 6.82. The highest BCUT2D eigenvalue weighted by molar-refractivity contribution is 5.92. The van der Waals surface area contributed by atoms with Crippen molar-refractivity contribution in [3.8, 4) is 11.3 Å². The summed E-state index contributed by atoms with van der Waals surface area (Å²) in [6.45, 7) is -0.138. The predicted octanol–water partition coefficient (Wildman–Crippen LogP) is 3.11. The molecular weight excluding hydrogens is 323 g/mol. The van der Waals surface area contributed by atoms with Gasteiger partial charge >= 0.3 is 5.97 Å². The van der Waals surface area contributed by atoms with Crippen molar-refractivity contribution in [3.05, 3.63) is 71.2 Å². The third-order valence-corrected chi connectivity index (χ3v) is 3.35. The third-order valence-electron chi connectivity index (χ3n) is 3.35. The van der Waals surface area contributed by atoms with Gasteiger partial charge in [0.1, 0.15) is 23.1 Å². The van der Waals surface area contributed by atoms with E-state index >= 15 is 0 Å². The number of carbonyl (C=O) groups is 1. The molecule has 3 rings (SSSR count). The normalized spacial score (nSPS) is 10.8. The summed E-state index contributed by atoms with van der Waals surface area (Å²) in [7, 11) is 0. The van der Waals surface area contributed by atoms with Crippen molar-refractivity contribution >= 4 is 5.97 Å². The molecule has 122 valence electrons. The maximum absolute atomic E-state index is 13.8. The van der Waals surface area contributed by atoms with Gasteiger partial charge in [0.05, 0.1) is 6.54 Å². The Morgan fingerprint density at radius 1 is 1.08 bits per heavy atom. The number of aromatic carboxylic acids is 1. The number of halogens is 3. The molecule has 0 bridgehead atoms. The summed E-state index contributed by atoms with van der Waals surface area (Å²) in [5.41, 5.74) is -0.399. The van der Waals surface area contributed by atoms with Crippen LogP contribution < -0.4 is 0 Å². The molecule has 0 atom stereocenters. The Kier molecular flexibility index (Phi) is 4.03. The van der Waals surface area contributed by atoms with E-state index in [0.29, 0.717) is 6.07 Å². The van der Waals surface area contributed by atoms with Gasteiger partial charge in [-0.05, 0) is 18.2 Å². The largest absolute Gasteiger partial charge is 0.476 e. The van der Waals surface area contributed by atoms with Crippen LogP contribution in [0.4, 0.5) is 13.2 Å². The lowest BCUT2D eigenvalue weighted by molar-refractivity contribution is 0.0691. The molecule has 1 N–H and O–H groups in total. The van der Waals surface area contributed by atoms with Crippen LogP contribution in [0.1, 0.15) is 16.1 Å². The van der Waals surface area contributed by atoms with Crippen LogP contribution in [0.2, 0.25) is 0 Å². The fourth-order valence-electron chi connectivity index (χ4n) is 2.33. The number of rotatable bonds is 4. The van der Waals surface area contributed by atoms with Gasteiger partial charge in [-0.3, -0.25) is 0 Å². The Morgan fingerprint density at radius 2 is 1.75 bits per heavy atom. The number of carboxylic acids is 1. The van der Waals surface area contributed by atoms with Crippen molar-refractivity contribution in [2.45, 2.75) is 6.54 Å². The van der Waals surface area contributed by atoms with E-state index in [2.05, 4.69) is 10.3 Å². The second-order valence-corrected chi connectivity index (χ2v) is 5.00. The van der Waals surface area contributed by atoms with Gasteiger partial charge in [-0.25, -0.2) is 22.6 Å². The molecule has 0 amide bonds. The molecule has 24 heavy (non-hydrogen) atoms. The summed E-state index contributed by atoms with van der Waals surface area (Å²) in [6, 6.07) is 8.44. The van der Waals surface area contributed by atoms with E-state index in [9.17, 15) is 23.1 Å². The van der Waals surface area contributed by atoms with Gasteiger partial charge in [0.25, 0.3) is 0 Å². The predicted molar refractivity (Wildman–Crippen MR) is 77.8 cm³/mol. The van der Waals surface area contributed by atoms with E-state index in [1.54, 1.807) is 6.07 Å². The molecule has 8 heteroatoms. The second kappa shape index (κ2) is 6.15. The van der Waals surface area contributed by atoms with Gasteiger partial charge in [-0.1, -0.05) is 23.4 Å². The molecule has 1 aromatic heterocycles. The van der Waals surface area contributed by atoms with Crippen molar-refractivity contribution in [1.82, 2.24) is 15.0 Å². The van der Waals surface area contributed by atoms with E-state index in [1.807, 2.05) is 0 Å². The standard InChI is InChI=1S/C16H10F3N3O2/c17-11-5-10(6-12(18)7-11)15-14(16(23)24)20-21-22(15)8-9-3-1-2-4-13(9)19/h1-7H,8H2,(H,23,24). The molecule has 0 saturated carbocycles. The van der Waals surface area contributed by atoms with Crippen LogP contribution >= 0.6 is 0 Å². The van der Waals surface area contributed by atoms with Gasteiger partial charge in [0.2, 0.25) is 0 Å². The fourth-order valence-corrected chi connectivity index (χ4v) is 2.33. The zero-order chi connectivity index (χ0) is 17.3. The molecule has 0 aliphatic rings. The molecule has 0 fully saturated rings. The number of hydrogen-bond donors (Lipinski definition) is 1. The molecule has 1 heterocycles. The Morgan fingerprint density at radius 3 is 2.38 bits per heavy atom. The van der Waals surface area contributed by atoms with E-state index in [1.165, 1.54) is 18.2 Å². The average molecular weight is 333 g/mol. The summed E-state index contributed by atoms with van der Waals surface area (Å²) in [5, 5.41) is 16.4. The maximum Gasteiger partial charge on any atom is 0.358 e. The first-order valence-electron chi connectivity index (χ1n) is 6.82. The zero-order valence-corrected chi connectivity index (χ0v) is 12.1. The lowest BCUT2D eigenvalue weighted by atomic mass is 10.1. The van der Waals surface area contributed by atoms with E-state index in [-0.39, 0.29) is 23.4 Å². The quantitative estimate of drug-likeness (QED) is 0.797. The maximum atomic E-state index is 13.8. The van der Waals surface area contributed by atoms with Crippen LogP contribution in [-0.2, 0) is 6.54 Å². The monoisotopic (exact) mass is 333 g/mol. The van der Waals surface area contributed by atoms with Gasteiger partial charge in [0, 0.05) is 17.2 Å². The first-order chi connectivity index (χ1) is 11.5. The summed E-state index contributed by atoms with van der Waals surface area (Å²) in [5.74, 6) is -3.67. The molecule has 5 nitrogen and oxygen atoms in total. The molecule has 2 aromatic carbocycles. The molecule has 3 aromatic rings. The van der Waals surface area contributed by atoms with Gasteiger partial charge in [0.15, 0.2) is 5.69 Å². The topological polar surface area (TPSA) is 68.0 Å². The SMILES string of the molecule is O=C(O)c1nnn(Cc2ccccc2F)c1-c1cc(F)cc(F)c1. The first kappa shape index (κ1) is 15.7. The average Bonchev–Trinajstić information content (AvgIpc) is 2.92. The number of aromatic nitrogens is 3. The van der Waals surface area contributed by atoms with Crippen molar-refractivity contribution in [2.75, 3.05) is 0 Å². The minimum atomic E-state index is -1.41. The molecule has 0 aliphatic carbocycles. The minimum absolute atomic E-state index is 0.0498. The van der Waals surface area contributed by atoms with Crippen LogP contribution in [0, 0.1) is 17.5 Å². The van der Waals surface area contributed by atoms with Gasteiger partial charge in [-0.15, -0.1) is 5.10 Å². The second-order valence-electron chi connectivity index (χ2n) is 5.00. The van der Waals surface area contributed by atoms with Crippen molar-refractivity contribution in [1.29, 1.82) is 0 Å². The molecule has 0 radical (unpaired) electrons. The number of carboxylic acid groups (broad SMARTS) is 1. The Labute approximate surface area is 134 Å². The van der Waals surface area contributed by atoms with Crippen LogP contribution in [-0.4, -0.2) is 26.1 Å². The highest BCUT2D eigenvalue weighted by atomic mass is 19.1. The number of nitrogens with zero attached hydrogens (tertiary/aromatic N) is 3. The Balaban J connectivity index is 2.14. The molecule has 0 unspecified atom stereocenters. The van der Waals surface area contributed by atoms with E-state index in [0.717, 1.165) is 16.8 Å². The van der Waals surface area contributed by atoms with Crippen LogP contribution in [0.25, 0.3) is 11.3 Å². The van der Waals surface area contributed by atoms with E-state index < -0.39 is 29.1 Å². The van der Waals surface area contributed by atoms with E-state index in [4.69, 9.17) is 0 Å². The van der Waals surface area contributed by atoms with Crippen molar-refractivity contribution < 1.29 is 23.1 Å². The highest BCUT2D eigenvalue weighted by Gasteiger charge is 2.22.